The highest BCUT2D eigenvalue weighted by atomic mass is 16.7. The van der Waals surface area contributed by atoms with E-state index in [4.69, 9.17) is 47.4 Å². The van der Waals surface area contributed by atoms with Gasteiger partial charge < -0.3 is 47.4 Å². The van der Waals surface area contributed by atoms with Gasteiger partial charge in [-0.05, 0) is 68.7 Å². The van der Waals surface area contributed by atoms with Gasteiger partial charge in [0.25, 0.3) is 0 Å². The third-order valence-corrected chi connectivity index (χ3v) is 7.76. The largest absolute Gasteiger partial charge is 0.493 e. The first kappa shape index (κ1) is 36.4. The minimum atomic E-state index is -1.80. The van der Waals surface area contributed by atoms with Crippen molar-refractivity contribution in [3.05, 3.63) is 46.5 Å². The Morgan fingerprint density at radius 2 is 1.29 bits per heavy atom. The predicted molar refractivity (Wildman–Crippen MR) is 167 cm³/mol. The van der Waals surface area contributed by atoms with Crippen LogP contribution >= 0.6 is 0 Å². The number of ether oxygens (including phenoxy) is 10. The molecule has 0 radical (unpaired) electrons. The molecule has 49 heavy (non-hydrogen) atoms. The molecule has 1 aliphatic heterocycles. The third-order valence-electron chi connectivity index (χ3n) is 7.76. The van der Waals surface area contributed by atoms with Crippen molar-refractivity contribution >= 4 is 35.4 Å². The molecule has 4 atom stereocenters. The van der Waals surface area contributed by atoms with Crippen molar-refractivity contribution in [3.63, 3.8) is 0 Å². The fourth-order valence-corrected chi connectivity index (χ4v) is 5.57. The van der Waals surface area contributed by atoms with E-state index in [1.807, 2.05) is 0 Å². The zero-order chi connectivity index (χ0) is 36.0. The first-order valence-electron chi connectivity index (χ1n) is 15.3. The van der Waals surface area contributed by atoms with Crippen LogP contribution in [-0.4, -0.2) is 90.5 Å². The van der Waals surface area contributed by atoms with Crippen LogP contribution in [0.5, 0.6) is 28.7 Å². The Labute approximate surface area is 282 Å². The maximum atomic E-state index is 14.4. The number of rotatable bonds is 13. The van der Waals surface area contributed by atoms with Crippen molar-refractivity contribution in [2.45, 2.75) is 45.8 Å². The van der Waals surface area contributed by atoms with E-state index < -0.39 is 59.5 Å². The summed E-state index contributed by atoms with van der Waals surface area (Å²) in [5, 5.41) is 0. The Morgan fingerprint density at radius 3 is 1.80 bits per heavy atom. The molecule has 1 aliphatic carbocycles. The van der Waals surface area contributed by atoms with Crippen molar-refractivity contribution in [3.8, 4) is 28.7 Å². The molecule has 0 N–H and O–H groups in total. The molecule has 0 unspecified atom stereocenters. The summed E-state index contributed by atoms with van der Waals surface area (Å²) in [6.07, 6.45) is -2.88. The van der Waals surface area contributed by atoms with Gasteiger partial charge in [0, 0.05) is 5.57 Å². The first-order valence-corrected chi connectivity index (χ1v) is 15.3. The lowest BCUT2D eigenvalue weighted by atomic mass is 9.69. The molecular weight excluding hydrogens is 648 g/mol. The van der Waals surface area contributed by atoms with Crippen molar-refractivity contribution in [1.82, 2.24) is 0 Å². The van der Waals surface area contributed by atoms with Crippen LogP contribution < -0.4 is 23.7 Å². The second-order valence-electron chi connectivity index (χ2n) is 10.6. The molecule has 264 valence electrons. The second kappa shape index (κ2) is 15.6. The van der Waals surface area contributed by atoms with Crippen LogP contribution in [0.1, 0.15) is 50.3 Å². The van der Waals surface area contributed by atoms with Gasteiger partial charge in [0.2, 0.25) is 12.5 Å². The summed E-state index contributed by atoms with van der Waals surface area (Å²) in [4.78, 5) is 67.4. The number of fused-ring (bicyclic) bond motifs is 2. The summed E-state index contributed by atoms with van der Waals surface area (Å²) in [5.41, 5.74) is 0.324. The monoisotopic (exact) mass is 686 g/mol. The van der Waals surface area contributed by atoms with E-state index in [9.17, 15) is 24.0 Å². The summed E-state index contributed by atoms with van der Waals surface area (Å²) in [6, 6.07) is 6.08. The quantitative estimate of drug-likeness (QED) is 0.222. The number of benzene rings is 2. The minimum absolute atomic E-state index is 0.00397. The van der Waals surface area contributed by atoms with Crippen LogP contribution in [0.2, 0.25) is 0 Å². The topological polar surface area (TPSA) is 178 Å². The molecule has 4 rings (SSSR count). The van der Waals surface area contributed by atoms with Gasteiger partial charge in [0.15, 0.2) is 35.2 Å². The van der Waals surface area contributed by atoms with Gasteiger partial charge in [0.1, 0.15) is 11.8 Å². The Bertz CT molecular complexity index is 1630. The van der Waals surface area contributed by atoms with E-state index in [0.717, 1.165) is 7.11 Å². The number of hydrogen-bond donors (Lipinski definition) is 0. The van der Waals surface area contributed by atoms with Gasteiger partial charge in [-0.25, -0.2) is 14.4 Å². The fourth-order valence-electron chi connectivity index (χ4n) is 5.57. The van der Waals surface area contributed by atoms with E-state index in [2.05, 4.69) is 0 Å². The number of methoxy groups -OCH3 is 4. The Morgan fingerprint density at radius 1 is 0.735 bits per heavy atom. The molecule has 2 aliphatic rings. The van der Waals surface area contributed by atoms with Crippen molar-refractivity contribution in [2.24, 2.45) is 5.92 Å². The molecule has 0 fully saturated rings. The Kier molecular flexibility index (Phi) is 11.6. The van der Waals surface area contributed by atoms with E-state index in [1.54, 1.807) is 13.8 Å². The van der Waals surface area contributed by atoms with Crippen LogP contribution in [0, 0.1) is 5.92 Å². The van der Waals surface area contributed by atoms with Gasteiger partial charge in [-0.15, -0.1) is 0 Å². The Hall–Kier alpha value is -5.47. The fraction of sp³-hybridized carbons (Fsp3) is 0.441. The molecule has 0 bridgehead atoms. The molecule has 0 spiro atoms. The summed E-state index contributed by atoms with van der Waals surface area (Å²) >= 11 is 0. The van der Waals surface area contributed by atoms with Gasteiger partial charge in [-0.2, -0.15) is 0 Å². The van der Waals surface area contributed by atoms with Crippen LogP contribution in [0.25, 0.3) is 5.57 Å². The van der Waals surface area contributed by atoms with Crippen molar-refractivity contribution in [2.75, 3.05) is 48.4 Å². The maximum Gasteiger partial charge on any atom is 0.347 e. The lowest BCUT2D eigenvalue weighted by Gasteiger charge is -2.34. The number of carbonyl (C=O) groups excluding carboxylic acids is 5. The molecule has 0 saturated carbocycles. The molecule has 2 aromatic carbocycles. The Balaban J connectivity index is 2.12. The van der Waals surface area contributed by atoms with E-state index >= 15 is 0 Å². The lowest BCUT2D eigenvalue weighted by molar-refractivity contribution is -0.171. The number of esters is 5. The molecule has 0 amide bonds. The molecule has 15 nitrogen and oxygen atoms in total. The highest BCUT2D eigenvalue weighted by Crippen LogP contribution is 2.52. The average molecular weight is 687 g/mol. The maximum absolute atomic E-state index is 14.4. The van der Waals surface area contributed by atoms with Crippen LogP contribution in [0.15, 0.2) is 29.8 Å². The average Bonchev–Trinajstić information content (AvgIpc) is 3.56. The third kappa shape index (κ3) is 7.20. The van der Waals surface area contributed by atoms with Crippen molar-refractivity contribution in [1.29, 1.82) is 0 Å². The minimum Gasteiger partial charge on any atom is -0.493 e. The molecule has 2 aromatic rings. The predicted octanol–water partition coefficient (Wildman–Crippen LogP) is 3.12. The van der Waals surface area contributed by atoms with Gasteiger partial charge >= 0.3 is 29.8 Å². The summed E-state index contributed by atoms with van der Waals surface area (Å²) < 4.78 is 54.2. The molecule has 1 heterocycles. The lowest BCUT2D eigenvalue weighted by Crippen LogP contribution is -2.41. The first-order chi connectivity index (χ1) is 23.4. The van der Waals surface area contributed by atoms with E-state index in [0.29, 0.717) is 0 Å². The standard InChI is InChI=1S/C34H38O15/c1-9-44-30(35)16(3)48-33(38)27-25(18-11-23(40-5)29(42-7)24(12-18)41-6)19-13-21-22(47-15-46-21)14-20(19)26(32(37)43-8)28(27)34(39)49-17(4)31(36)45-10-2/h11-14,16-17,26,28H,9-10,15H2,1-8H3/t16-,17-,26-,28-/m0/s1. The highest BCUT2D eigenvalue weighted by Gasteiger charge is 2.50. The molecular formula is C34H38O15. The van der Waals surface area contributed by atoms with Crippen LogP contribution in [-0.2, 0) is 47.7 Å². The van der Waals surface area contributed by atoms with Crippen LogP contribution in [0.4, 0.5) is 0 Å². The molecule has 0 saturated heterocycles. The highest BCUT2D eigenvalue weighted by molar-refractivity contribution is 6.11. The van der Waals surface area contributed by atoms with Gasteiger partial charge in [-0.3, -0.25) is 9.59 Å². The summed E-state index contributed by atoms with van der Waals surface area (Å²) in [7, 11) is 5.30. The van der Waals surface area contributed by atoms with Crippen LogP contribution in [0.3, 0.4) is 0 Å². The number of hydrogen-bond acceptors (Lipinski definition) is 15. The van der Waals surface area contributed by atoms with Gasteiger partial charge in [0.05, 0.1) is 47.2 Å². The zero-order valence-electron chi connectivity index (χ0n) is 28.4. The molecule has 0 aromatic heterocycles. The van der Waals surface area contributed by atoms with E-state index in [1.165, 1.54) is 59.4 Å². The number of carbonyl (C=O) groups is 5. The van der Waals surface area contributed by atoms with Crippen molar-refractivity contribution < 1.29 is 71.3 Å². The molecule has 15 heteroatoms. The normalized spacial score (nSPS) is 17.1. The second-order valence-corrected chi connectivity index (χ2v) is 10.6. The smallest absolute Gasteiger partial charge is 0.347 e. The van der Waals surface area contributed by atoms with Gasteiger partial charge in [-0.1, -0.05) is 0 Å². The zero-order valence-corrected chi connectivity index (χ0v) is 28.4. The summed E-state index contributed by atoms with van der Waals surface area (Å²) in [6.45, 7) is 5.60. The SMILES string of the molecule is CCOC(=O)[C@H](C)OC(=O)C1=C(c2cc(OC)c(OC)c(OC)c2)c2cc3c(cc2[C@H](C(=O)OC)[C@@H]1C(=O)O[C@@H](C)C(=O)OCC)OCO3. The summed E-state index contributed by atoms with van der Waals surface area (Å²) in [5.74, 6) is -7.20. The van der Waals surface area contributed by atoms with E-state index in [-0.39, 0.29) is 71.0 Å².